The fraction of sp³-hybridized carbons (Fsp3) is 0.500. The van der Waals surface area contributed by atoms with Gasteiger partial charge in [0.15, 0.2) is 0 Å². The second-order valence-electron chi connectivity index (χ2n) is 5.11. The summed E-state index contributed by atoms with van der Waals surface area (Å²) in [5.41, 5.74) is 2.61. The smallest absolute Gasteiger partial charge is 0.0602 e. The lowest BCUT2D eigenvalue weighted by molar-refractivity contribution is 0.229. The summed E-state index contributed by atoms with van der Waals surface area (Å²) >= 11 is 0. The van der Waals surface area contributed by atoms with E-state index in [2.05, 4.69) is 60.2 Å². The van der Waals surface area contributed by atoms with E-state index in [-0.39, 0.29) is 0 Å². The molecule has 1 aromatic carbocycles. The summed E-state index contributed by atoms with van der Waals surface area (Å²) in [6, 6.07) is 9.22. The summed E-state index contributed by atoms with van der Waals surface area (Å²) in [7, 11) is 0. The van der Waals surface area contributed by atoms with Crippen molar-refractivity contribution in [3.63, 3.8) is 0 Å². The molecule has 1 aliphatic rings. The van der Waals surface area contributed by atoms with Crippen LogP contribution in [-0.4, -0.2) is 37.1 Å². The van der Waals surface area contributed by atoms with E-state index in [1.165, 1.54) is 11.1 Å². The first kappa shape index (κ1) is 13.1. The standard InChI is InChI=1S/C16H22N2/c1-14-6-8-16(9-7-14)5-3-4-11-18-12-10-17-15(2)13-18/h6-9,15,17H,5,10-13H2,1-2H3. The van der Waals surface area contributed by atoms with Gasteiger partial charge in [0.2, 0.25) is 0 Å². The average molecular weight is 242 g/mol. The number of nitrogens with zero attached hydrogens (tertiary/aromatic N) is 1. The molecule has 0 amide bonds. The van der Waals surface area contributed by atoms with Gasteiger partial charge in [0.1, 0.15) is 0 Å². The molecule has 2 rings (SSSR count). The third-order valence-electron chi connectivity index (χ3n) is 3.29. The normalized spacial score (nSPS) is 20.2. The van der Waals surface area contributed by atoms with Gasteiger partial charge in [-0.15, -0.1) is 0 Å². The van der Waals surface area contributed by atoms with Crippen LogP contribution >= 0.6 is 0 Å². The molecule has 2 heteroatoms. The van der Waals surface area contributed by atoms with Gasteiger partial charge in [-0.05, 0) is 19.4 Å². The van der Waals surface area contributed by atoms with Gasteiger partial charge in [-0.2, -0.15) is 0 Å². The Morgan fingerprint density at radius 2 is 2.06 bits per heavy atom. The van der Waals surface area contributed by atoms with Gasteiger partial charge in [0, 0.05) is 32.1 Å². The Morgan fingerprint density at radius 1 is 1.28 bits per heavy atom. The maximum Gasteiger partial charge on any atom is 0.0602 e. The maximum atomic E-state index is 3.44. The number of benzene rings is 1. The molecule has 96 valence electrons. The molecule has 0 saturated carbocycles. The first-order valence-electron chi connectivity index (χ1n) is 6.71. The van der Waals surface area contributed by atoms with Crippen molar-refractivity contribution in [1.29, 1.82) is 0 Å². The minimum Gasteiger partial charge on any atom is -0.312 e. The van der Waals surface area contributed by atoms with Crippen LogP contribution in [0.5, 0.6) is 0 Å². The highest BCUT2D eigenvalue weighted by Gasteiger charge is 2.13. The third-order valence-corrected chi connectivity index (χ3v) is 3.29. The predicted molar refractivity (Wildman–Crippen MR) is 76.6 cm³/mol. The van der Waals surface area contributed by atoms with Crippen LogP contribution in [-0.2, 0) is 6.42 Å². The Kier molecular flexibility index (Phi) is 4.81. The number of piperazine rings is 1. The van der Waals surface area contributed by atoms with Crippen molar-refractivity contribution in [2.75, 3.05) is 26.2 Å². The van der Waals surface area contributed by atoms with E-state index in [1.54, 1.807) is 0 Å². The monoisotopic (exact) mass is 242 g/mol. The molecule has 1 N–H and O–H groups in total. The van der Waals surface area contributed by atoms with Gasteiger partial charge in [0.05, 0.1) is 6.54 Å². The molecule has 0 aliphatic carbocycles. The summed E-state index contributed by atoms with van der Waals surface area (Å²) in [5.74, 6) is 6.56. The maximum absolute atomic E-state index is 3.44. The Balaban J connectivity index is 1.77. The SMILES string of the molecule is Cc1ccc(CC#CCN2CCNC(C)C2)cc1. The molecule has 1 aliphatic heterocycles. The highest BCUT2D eigenvalue weighted by atomic mass is 15.2. The van der Waals surface area contributed by atoms with Crippen LogP contribution in [0.1, 0.15) is 18.1 Å². The van der Waals surface area contributed by atoms with E-state index in [1.807, 2.05) is 0 Å². The van der Waals surface area contributed by atoms with Crippen LogP contribution < -0.4 is 5.32 Å². The van der Waals surface area contributed by atoms with Crippen LogP contribution in [0.2, 0.25) is 0 Å². The molecule has 0 aromatic heterocycles. The van der Waals surface area contributed by atoms with Gasteiger partial charge in [0.25, 0.3) is 0 Å². The van der Waals surface area contributed by atoms with Crippen molar-refractivity contribution in [1.82, 2.24) is 10.2 Å². The highest BCUT2D eigenvalue weighted by Crippen LogP contribution is 2.03. The molecular formula is C16H22N2. The van der Waals surface area contributed by atoms with Gasteiger partial charge in [-0.1, -0.05) is 41.7 Å². The number of hydrogen-bond acceptors (Lipinski definition) is 2. The van der Waals surface area contributed by atoms with Crippen molar-refractivity contribution < 1.29 is 0 Å². The lowest BCUT2D eigenvalue weighted by Crippen LogP contribution is -2.49. The van der Waals surface area contributed by atoms with E-state index >= 15 is 0 Å². The number of aryl methyl sites for hydroxylation is 1. The van der Waals surface area contributed by atoms with E-state index in [4.69, 9.17) is 0 Å². The summed E-state index contributed by atoms with van der Waals surface area (Å²) in [6.45, 7) is 8.55. The van der Waals surface area contributed by atoms with Crippen molar-refractivity contribution in [3.8, 4) is 11.8 Å². The minimum atomic E-state index is 0.595. The zero-order valence-electron chi connectivity index (χ0n) is 11.4. The topological polar surface area (TPSA) is 15.3 Å². The quantitative estimate of drug-likeness (QED) is 0.796. The average Bonchev–Trinajstić information content (AvgIpc) is 2.37. The molecule has 1 saturated heterocycles. The molecule has 1 unspecified atom stereocenters. The predicted octanol–water partition coefficient (Wildman–Crippen LogP) is 1.83. The second-order valence-corrected chi connectivity index (χ2v) is 5.11. The van der Waals surface area contributed by atoms with Crippen LogP contribution in [0.4, 0.5) is 0 Å². The highest BCUT2D eigenvalue weighted by molar-refractivity contribution is 5.25. The third kappa shape index (κ3) is 4.18. The van der Waals surface area contributed by atoms with E-state index in [0.717, 1.165) is 32.6 Å². The molecule has 1 aromatic rings. The Bertz CT molecular complexity index is 425. The first-order valence-corrected chi connectivity index (χ1v) is 6.71. The van der Waals surface area contributed by atoms with Gasteiger partial charge in [-0.3, -0.25) is 4.90 Å². The molecule has 18 heavy (non-hydrogen) atoms. The Hall–Kier alpha value is -1.30. The zero-order chi connectivity index (χ0) is 12.8. The second kappa shape index (κ2) is 6.58. The van der Waals surface area contributed by atoms with Gasteiger partial charge >= 0.3 is 0 Å². The van der Waals surface area contributed by atoms with Crippen molar-refractivity contribution in [3.05, 3.63) is 35.4 Å². The van der Waals surface area contributed by atoms with Crippen LogP contribution in [0.15, 0.2) is 24.3 Å². The Labute approximate surface area is 110 Å². The molecule has 0 radical (unpaired) electrons. The Morgan fingerprint density at radius 3 is 2.78 bits per heavy atom. The lowest BCUT2D eigenvalue weighted by Gasteiger charge is -2.30. The van der Waals surface area contributed by atoms with Crippen LogP contribution in [0.25, 0.3) is 0 Å². The van der Waals surface area contributed by atoms with Crippen LogP contribution in [0.3, 0.4) is 0 Å². The molecule has 0 bridgehead atoms. The van der Waals surface area contributed by atoms with Gasteiger partial charge < -0.3 is 5.32 Å². The van der Waals surface area contributed by atoms with Crippen molar-refractivity contribution in [2.45, 2.75) is 26.3 Å². The number of rotatable bonds is 2. The number of nitrogens with one attached hydrogen (secondary N) is 1. The van der Waals surface area contributed by atoms with Crippen molar-refractivity contribution in [2.24, 2.45) is 0 Å². The molecular weight excluding hydrogens is 220 g/mol. The summed E-state index contributed by atoms with van der Waals surface area (Å²) < 4.78 is 0. The van der Waals surface area contributed by atoms with E-state index in [0.29, 0.717) is 6.04 Å². The molecule has 1 atom stereocenters. The lowest BCUT2D eigenvalue weighted by atomic mass is 10.1. The summed E-state index contributed by atoms with van der Waals surface area (Å²) in [4.78, 5) is 2.42. The fourth-order valence-electron chi connectivity index (χ4n) is 2.19. The van der Waals surface area contributed by atoms with E-state index < -0.39 is 0 Å². The zero-order valence-corrected chi connectivity index (χ0v) is 11.4. The molecule has 1 fully saturated rings. The minimum absolute atomic E-state index is 0.595. The van der Waals surface area contributed by atoms with Gasteiger partial charge in [-0.25, -0.2) is 0 Å². The van der Waals surface area contributed by atoms with Crippen molar-refractivity contribution >= 4 is 0 Å². The number of hydrogen-bond donors (Lipinski definition) is 1. The first-order chi connectivity index (χ1) is 8.74. The van der Waals surface area contributed by atoms with E-state index in [9.17, 15) is 0 Å². The molecule has 0 spiro atoms. The fourth-order valence-corrected chi connectivity index (χ4v) is 2.19. The molecule has 1 heterocycles. The summed E-state index contributed by atoms with van der Waals surface area (Å²) in [5, 5.41) is 3.44. The largest absolute Gasteiger partial charge is 0.312 e. The van der Waals surface area contributed by atoms with Crippen LogP contribution in [0, 0.1) is 18.8 Å². The molecule has 2 nitrogen and oxygen atoms in total. The summed E-state index contributed by atoms with van der Waals surface area (Å²) in [6.07, 6.45) is 0.863.